The SMILES string of the molecule is CC(C)(C)OC(=O)Nc1ccccc1NC(=O)c1ccc(-c2cncc3sc(S(C)(=O)=O)cc23)cc1. The van der Waals surface area contributed by atoms with Crippen LogP contribution in [-0.2, 0) is 14.6 Å². The van der Waals surface area contributed by atoms with E-state index >= 15 is 0 Å². The van der Waals surface area contributed by atoms with Crippen LogP contribution in [0, 0.1) is 0 Å². The number of benzene rings is 2. The molecule has 8 nitrogen and oxygen atoms in total. The minimum Gasteiger partial charge on any atom is -0.444 e. The van der Waals surface area contributed by atoms with E-state index in [0.717, 1.165) is 21.2 Å². The van der Waals surface area contributed by atoms with Gasteiger partial charge in [-0.2, -0.15) is 0 Å². The van der Waals surface area contributed by atoms with Crippen LogP contribution < -0.4 is 10.6 Å². The number of para-hydroxylation sites is 2. The van der Waals surface area contributed by atoms with Crippen LogP contribution in [-0.4, -0.2) is 37.3 Å². The average Bonchev–Trinajstić information content (AvgIpc) is 3.24. The number of hydrogen-bond donors (Lipinski definition) is 2. The zero-order valence-electron chi connectivity index (χ0n) is 20.2. The Morgan fingerprint density at radius 3 is 2.19 bits per heavy atom. The van der Waals surface area contributed by atoms with Crippen molar-refractivity contribution in [3.8, 4) is 11.1 Å². The molecule has 186 valence electrons. The molecule has 0 unspecified atom stereocenters. The quantitative estimate of drug-likeness (QED) is 0.333. The maximum absolute atomic E-state index is 12.9. The van der Waals surface area contributed by atoms with Crippen molar-refractivity contribution in [2.24, 2.45) is 0 Å². The summed E-state index contributed by atoms with van der Waals surface area (Å²) in [6.07, 6.45) is 3.88. The molecule has 0 fully saturated rings. The Labute approximate surface area is 213 Å². The molecule has 0 spiro atoms. The maximum Gasteiger partial charge on any atom is 0.412 e. The summed E-state index contributed by atoms with van der Waals surface area (Å²) >= 11 is 1.18. The minimum absolute atomic E-state index is 0.279. The fourth-order valence-electron chi connectivity index (χ4n) is 3.46. The summed E-state index contributed by atoms with van der Waals surface area (Å²) in [5.41, 5.74) is 2.17. The number of carbonyl (C=O) groups is 2. The lowest BCUT2D eigenvalue weighted by molar-refractivity contribution is 0.0635. The highest BCUT2D eigenvalue weighted by atomic mass is 32.2. The summed E-state index contributed by atoms with van der Waals surface area (Å²) in [7, 11) is -3.33. The second kappa shape index (κ2) is 9.71. The molecule has 0 aliphatic carbocycles. The molecule has 2 N–H and O–H groups in total. The zero-order valence-corrected chi connectivity index (χ0v) is 21.8. The third kappa shape index (κ3) is 5.89. The van der Waals surface area contributed by atoms with E-state index in [4.69, 9.17) is 4.74 Å². The number of anilines is 2. The summed E-state index contributed by atoms with van der Waals surface area (Å²) in [6.45, 7) is 5.30. The number of sulfone groups is 1. The number of nitrogens with one attached hydrogen (secondary N) is 2. The molecule has 10 heteroatoms. The lowest BCUT2D eigenvalue weighted by Gasteiger charge is -2.20. The van der Waals surface area contributed by atoms with Gasteiger partial charge in [0, 0.05) is 35.2 Å². The van der Waals surface area contributed by atoms with E-state index in [-0.39, 0.29) is 10.1 Å². The van der Waals surface area contributed by atoms with Crippen LogP contribution in [0.15, 0.2) is 71.2 Å². The third-order valence-electron chi connectivity index (χ3n) is 5.06. The number of fused-ring (bicyclic) bond motifs is 1. The molecule has 2 amide bonds. The lowest BCUT2D eigenvalue weighted by Crippen LogP contribution is -2.27. The molecule has 36 heavy (non-hydrogen) atoms. The summed E-state index contributed by atoms with van der Waals surface area (Å²) < 4.78 is 30.3. The predicted octanol–water partition coefficient (Wildman–Crippen LogP) is 5.97. The monoisotopic (exact) mass is 523 g/mol. The molecule has 2 heterocycles. The second-order valence-electron chi connectivity index (χ2n) is 9.14. The van der Waals surface area contributed by atoms with Gasteiger partial charge in [0.2, 0.25) is 0 Å². The van der Waals surface area contributed by atoms with Crippen LogP contribution in [0.3, 0.4) is 0 Å². The van der Waals surface area contributed by atoms with Crippen LogP contribution >= 0.6 is 11.3 Å². The normalized spacial score (nSPS) is 11.8. The highest BCUT2D eigenvalue weighted by molar-refractivity contribution is 7.92. The van der Waals surface area contributed by atoms with E-state index in [1.807, 2.05) is 0 Å². The Kier molecular flexibility index (Phi) is 6.83. The largest absolute Gasteiger partial charge is 0.444 e. The van der Waals surface area contributed by atoms with Gasteiger partial charge in [-0.25, -0.2) is 13.2 Å². The predicted molar refractivity (Wildman–Crippen MR) is 142 cm³/mol. The summed E-state index contributed by atoms with van der Waals surface area (Å²) in [5.74, 6) is -0.355. The van der Waals surface area contributed by atoms with Crippen LogP contribution in [0.1, 0.15) is 31.1 Å². The third-order valence-corrected chi connectivity index (χ3v) is 7.93. The Morgan fingerprint density at radius 1 is 0.944 bits per heavy atom. The standard InChI is InChI=1S/C26H25N3O5S2/c1-26(2,3)34-25(31)29-21-8-6-5-7-20(21)28-24(30)17-11-9-16(10-12-17)19-14-27-15-22-18(19)13-23(35-22)36(4,32)33/h5-15H,1-4H3,(H,28,30)(H,29,31). The van der Waals surface area contributed by atoms with Crippen molar-refractivity contribution in [1.29, 1.82) is 0 Å². The van der Waals surface area contributed by atoms with Crippen LogP contribution in [0.5, 0.6) is 0 Å². The van der Waals surface area contributed by atoms with Crippen molar-refractivity contribution >= 4 is 54.6 Å². The summed E-state index contributed by atoms with van der Waals surface area (Å²) in [6, 6.07) is 15.4. The highest BCUT2D eigenvalue weighted by Gasteiger charge is 2.18. The van der Waals surface area contributed by atoms with E-state index in [0.29, 0.717) is 16.9 Å². The van der Waals surface area contributed by atoms with Crippen molar-refractivity contribution in [2.75, 3.05) is 16.9 Å². The zero-order chi connectivity index (χ0) is 26.1. The van der Waals surface area contributed by atoms with E-state index in [1.54, 1.807) is 87.8 Å². The Bertz CT molecular complexity index is 1550. The van der Waals surface area contributed by atoms with Gasteiger partial charge in [-0.1, -0.05) is 24.3 Å². The average molecular weight is 524 g/mol. The van der Waals surface area contributed by atoms with E-state index in [9.17, 15) is 18.0 Å². The molecule has 0 atom stereocenters. The minimum atomic E-state index is -3.33. The van der Waals surface area contributed by atoms with Crippen LogP contribution in [0.4, 0.5) is 16.2 Å². The second-order valence-corrected chi connectivity index (χ2v) is 12.5. The van der Waals surface area contributed by atoms with Crippen molar-refractivity contribution in [2.45, 2.75) is 30.6 Å². The van der Waals surface area contributed by atoms with Gasteiger partial charge in [0.1, 0.15) is 9.81 Å². The molecule has 2 aromatic heterocycles. The maximum atomic E-state index is 12.9. The molecule has 0 aliphatic rings. The van der Waals surface area contributed by atoms with Gasteiger partial charge in [0.15, 0.2) is 9.84 Å². The van der Waals surface area contributed by atoms with Gasteiger partial charge in [0.05, 0.1) is 16.1 Å². The topological polar surface area (TPSA) is 114 Å². The van der Waals surface area contributed by atoms with Gasteiger partial charge in [-0.15, -0.1) is 11.3 Å². The first-order valence-corrected chi connectivity index (χ1v) is 13.7. The molecular weight excluding hydrogens is 498 g/mol. The number of carbonyl (C=O) groups excluding carboxylic acids is 2. The van der Waals surface area contributed by atoms with Crippen LogP contribution in [0.2, 0.25) is 0 Å². The van der Waals surface area contributed by atoms with Gasteiger partial charge < -0.3 is 10.1 Å². The Morgan fingerprint density at radius 2 is 1.58 bits per heavy atom. The first-order valence-electron chi connectivity index (χ1n) is 11.0. The number of nitrogens with zero attached hydrogens (tertiary/aromatic N) is 1. The van der Waals surface area contributed by atoms with Crippen molar-refractivity contribution < 1.29 is 22.7 Å². The van der Waals surface area contributed by atoms with E-state index in [1.165, 1.54) is 17.6 Å². The molecule has 4 rings (SSSR count). The van der Waals surface area contributed by atoms with Gasteiger partial charge in [-0.3, -0.25) is 15.1 Å². The molecule has 0 saturated carbocycles. The van der Waals surface area contributed by atoms with Gasteiger partial charge >= 0.3 is 6.09 Å². The molecular formula is C26H25N3O5S2. The summed E-state index contributed by atoms with van der Waals surface area (Å²) in [5, 5.41) is 6.26. The number of pyridine rings is 1. The number of amides is 2. The van der Waals surface area contributed by atoms with Crippen molar-refractivity contribution in [1.82, 2.24) is 4.98 Å². The van der Waals surface area contributed by atoms with E-state index in [2.05, 4.69) is 15.6 Å². The number of thiophene rings is 1. The van der Waals surface area contributed by atoms with E-state index < -0.39 is 21.5 Å². The molecule has 0 saturated heterocycles. The Hall–Kier alpha value is -3.76. The number of aromatic nitrogens is 1. The van der Waals surface area contributed by atoms with Crippen molar-refractivity contribution in [3.05, 3.63) is 72.6 Å². The fourth-order valence-corrected chi connectivity index (χ4v) is 5.45. The molecule has 4 aromatic rings. The first-order chi connectivity index (χ1) is 16.9. The number of rotatable bonds is 5. The van der Waals surface area contributed by atoms with Gasteiger partial charge in [0.25, 0.3) is 5.91 Å². The fraction of sp³-hybridized carbons (Fsp3) is 0.192. The smallest absolute Gasteiger partial charge is 0.412 e. The number of hydrogen-bond acceptors (Lipinski definition) is 7. The number of ether oxygens (including phenoxy) is 1. The molecule has 0 aliphatic heterocycles. The molecule has 0 bridgehead atoms. The lowest BCUT2D eigenvalue weighted by atomic mass is 10.0. The summed E-state index contributed by atoms with van der Waals surface area (Å²) in [4.78, 5) is 29.3. The first kappa shape index (κ1) is 25.3. The van der Waals surface area contributed by atoms with Crippen molar-refractivity contribution in [3.63, 3.8) is 0 Å². The highest BCUT2D eigenvalue weighted by Crippen LogP contribution is 2.35. The Balaban J connectivity index is 1.54. The van der Waals surface area contributed by atoms with Crippen LogP contribution in [0.25, 0.3) is 21.2 Å². The molecule has 2 aromatic carbocycles. The van der Waals surface area contributed by atoms with Gasteiger partial charge in [-0.05, 0) is 56.7 Å². The molecule has 0 radical (unpaired) electrons.